The number of hydrogen-bond donors (Lipinski definition) is 1. The van der Waals surface area contributed by atoms with Crippen LogP contribution in [0.2, 0.25) is 0 Å². The van der Waals surface area contributed by atoms with Crippen molar-refractivity contribution in [3.05, 3.63) is 30.3 Å². The number of hydrogen-bond acceptors (Lipinski definition) is 3. The second-order valence-electron chi connectivity index (χ2n) is 3.79. The summed E-state index contributed by atoms with van der Waals surface area (Å²) in [4.78, 5) is 11.4. The highest BCUT2D eigenvalue weighted by atomic mass is 16.5. The standard InChI is InChI=1S/C13H18O3/c1-2-3-7-11(14)10-13(15)16-12-8-5-4-6-9-12/h4-6,8-9,11,14H,2-3,7,10H2,1H3. The third kappa shape index (κ3) is 4.94. The molecule has 88 valence electrons. The van der Waals surface area contributed by atoms with Crippen LogP contribution in [0.15, 0.2) is 30.3 Å². The number of ether oxygens (including phenoxy) is 1. The number of aliphatic hydroxyl groups is 1. The maximum Gasteiger partial charge on any atom is 0.313 e. The zero-order valence-electron chi connectivity index (χ0n) is 9.56. The van der Waals surface area contributed by atoms with E-state index in [1.165, 1.54) is 0 Å². The van der Waals surface area contributed by atoms with Crippen molar-refractivity contribution >= 4 is 5.97 Å². The second kappa shape index (κ2) is 7.01. The molecule has 0 heterocycles. The predicted molar refractivity (Wildman–Crippen MR) is 62.2 cm³/mol. The minimum atomic E-state index is -0.587. The Morgan fingerprint density at radius 1 is 1.38 bits per heavy atom. The largest absolute Gasteiger partial charge is 0.426 e. The number of para-hydroxylation sites is 1. The van der Waals surface area contributed by atoms with Crippen LogP contribution >= 0.6 is 0 Å². The molecule has 1 unspecified atom stereocenters. The third-order valence-corrected chi connectivity index (χ3v) is 2.27. The van der Waals surface area contributed by atoms with E-state index in [-0.39, 0.29) is 12.4 Å². The SMILES string of the molecule is CCCCC(O)CC(=O)Oc1ccccc1. The van der Waals surface area contributed by atoms with Crippen molar-refractivity contribution in [3.63, 3.8) is 0 Å². The Morgan fingerprint density at radius 2 is 2.06 bits per heavy atom. The van der Waals surface area contributed by atoms with Crippen LogP contribution in [0.5, 0.6) is 5.75 Å². The second-order valence-corrected chi connectivity index (χ2v) is 3.79. The average Bonchev–Trinajstić information content (AvgIpc) is 2.27. The number of aliphatic hydroxyl groups excluding tert-OH is 1. The number of rotatable bonds is 6. The molecular weight excluding hydrogens is 204 g/mol. The molecule has 0 saturated heterocycles. The van der Waals surface area contributed by atoms with E-state index >= 15 is 0 Å². The lowest BCUT2D eigenvalue weighted by molar-refractivity contribution is -0.136. The smallest absolute Gasteiger partial charge is 0.313 e. The molecule has 0 bridgehead atoms. The van der Waals surface area contributed by atoms with Gasteiger partial charge < -0.3 is 9.84 Å². The summed E-state index contributed by atoms with van der Waals surface area (Å²) in [5.74, 6) is 0.144. The van der Waals surface area contributed by atoms with Crippen LogP contribution in [0.4, 0.5) is 0 Å². The fraction of sp³-hybridized carbons (Fsp3) is 0.462. The fourth-order valence-electron chi connectivity index (χ4n) is 1.40. The predicted octanol–water partition coefficient (Wildman–Crippen LogP) is 2.53. The molecule has 1 atom stereocenters. The molecule has 16 heavy (non-hydrogen) atoms. The monoisotopic (exact) mass is 222 g/mol. The van der Waals surface area contributed by atoms with E-state index in [9.17, 15) is 9.90 Å². The Kier molecular flexibility index (Phi) is 5.57. The van der Waals surface area contributed by atoms with Crippen LogP contribution in [0.25, 0.3) is 0 Å². The molecule has 0 aliphatic rings. The van der Waals surface area contributed by atoms with Crippen molar-refractivity contribution in [3.8, 4) is 5.75 Å². The molecule has 0 amide bonds. The highest BCUT2D eigenvalue weighted by molar-refractivity contribution is 5.72. The molecule has 0 radical (unpaired) electrons. The first-order valence-electron chi connectivity index (χ1n) is 5.66. The molecule has 0 fully saturated rings. The average molecular weight is 222 g/mol. The topological polar surface area (TPSA) is 46.5 Å². The molecule has 1 aromatic rings. The number of benzene rings is 1. The number of unbranched alkanes of at least 4 members (excludes halogenated alkanes) is 1. The summed E-state index contributed by atoms with van der Waals surface area (Å²) in [6, 6.07) is 8.90. The van der Waals surface area contributed by atoms with Gasteiger partial charge in [0.05, 0.1) is 12.5 Å². The van der Waals surface area contributed by atoms with E-state index in [1.807, 2.05) is 6.07 Å². The van der Waals surface area contributed by atoms with E-state index < -0.39 is 6.10 Å². The van der Waals surface area contributed by atoms with Crippen LogP contribution in [0.1, 0.15) is 32.6 Å². The zero-order valence-corrected chi connectivity index (χ0v) is 9.56. The summed E-state index contributed by atoms with van der Waals surface area (Å²) in [6.07, 6.45) is 2.08. The maximum atomic E-state index is 11.4. The summed E-state index contributed by atoms with van der Waals surface area (Å²) in [5, 5.41) is 9.53. The van der Waals surface area contributed by atoms with Crippen molar-refractivity contribution < 1.29 is 14.6 Å². The molecular formula is C13H18O3. The summed E-state index contributed by atoms with van der Waals surface area (Å²) in [6.45, 7) is 2.05. The van der Waals surface area contributed by atoms with Crippen molar-refractivity contribution in [1.82, 2.24) is 0 Å². The summed E-state index contributed by atoms with van der Waals surface area (Å²) >= 11 is 0. The molecule has 1 rings (SSSR count). The van der Waals surface area contributed by atoms with Crippen LogP contribution in [-0.2, 0) is 4.79 Å². The lowest BCUT2D eigenvalue weighted by Crippen LogP contribution is -2.17. The normalized spacial score (nSPS) is 12.1. The van der Waals surface area contributed by atoms with Gasteiger partial charge in [0.25, 0.3) is 0 Å². The van der Waals surface area contributed by atoms with Crippen molar-refractivity contribution in [2.24, 2.45) is 0 Å². The van der Waals surface area contributed by atoms with Gasteiger partial charge in [0.2, 0.25) is 0 Å². The lowest BCUT2D eigenvalue weighted by atomic mass is 10.1. The van der Waals surface area contributed by atoms with Gasteiger partial charge in [0.15, 0.2) is 0 Å². The van der Waals surface area contributed by atoms with Crippen LogP contribution in [0, 0.1) is 0 Å². The minimum absolute atomic E-state index is 0.0644. The van der Waals surface area contributed by atoms with Gasteiger partial charge in [-0.25, -0.2) is 0 Å². The Morgan fingerprint density at radius 3 is 2.69 bits per heavy atom. The number of esters is 1. The Balaban J connectivity index is 2.31. The molecule has 1 N–H and O–H groups in total. The summed E-state index contributed by atoms with van der Waals surface area (Å²) < 4.78 is 5.07. The highest BCUT2D eigenvalue weighted by Gasteiger charge is 2.11. The quantitative estimate of drug-likeness (QED) is 0.594. The first-order chi connectivity index (χ1) is 7.72. The number of carbonyl (C=O) groups excluding carboxylic acids is 1. The fourth-order valence-corrected chi connectivity index (χ4v) is 1.40. The van der Waals surface area contributed by atoms with Crippen LogP contribution in [-0.4, -0.2) is 17.2 Å². The number of carbonyl (C=O) groups is 1. The van der Waals surface area contributed by atoms with Crippen LogP contribution in [0.3, 0.4) is 0 Å². The van der Waals surface area contributed by atoms with Gasteiger partial charge in [-0.05, 0) is 18.6 Å². The van der Waals surface area contributed by atoms with E-state index in [4.69, 9.17) is 4.74 Å². The third-order valence-electron chi connectivity index (χ3n) is 2.27. The van der Waals surface area contributed by atoms with E-state index in [0.717, 1.165) is 12.8 Å². The van der Waals surface area contributed by atoms with E-state index in [1.54, 1.807) is 24.3 Å². The highest BCUT2D eigenvalue weighted by Crippen LogP contribution is 2.11. The van der Waals surface area contributed by atoms with Gasteiger partial charge in [-0.3, -0.25) is 4.79 Å². The molecule has 0 aliphatic carbocycles. The molecule has 0 aromatic heterocycles. The van der Waals surface area contributed by atoms with Gasteiger partial charge in [-0.15, -0.1) is 0 Å². The van der Waals surface area contributed by atoms with Gasteiger partial charge >= 0.3 is 5.97 Å². The van der Waals surface area contributed by atoms with Crippen molar-refractivity contribution in [1.29, 1.82) is 0 Å². The summed E-state index contributed by atoms with van der Waals surface area (Å²) in [7, 11) is 0. The Labute approximate surface area is 96.1 Å². The minimum Gasteiger partial charge on any atom is -0.426 e. The zero-order chi connectivity index (χ0) is 11.8. The molecule has 3 nitrogen and oxygen atoms in total. The molecule has 1 aromatic carbocycles. The molecule has 0 saturated carbocycles. The van der Waals surface area contributed by atoms with Gasteiger partial charge in [-0.1, -0.05) is 38.0 Å². The summed E-state index contributed by atoms with van der Waals surface area (Å²) in [5.41, 5.74) is 0. The lowest BCUT2D eigenvalue weighted by Gasteiger charge is -2.09. The van der Waals surface area contributed by atoms with Gasteiger partial charge in [0, 0.05) is 0 Å². The van der Waals surface area contributed by atoms with E-state index in [2.05, 4.69) is 6.92 Å². The maximum absolute atomic E-state index is 11.4. The van der Waals surface area contributed by atoms with E-state index in [0.29, 0.717) is 12.2 Å². The van der Waals surface area contributed by atoms with Crippen molar-refractivity contribution in [2.45, 2.75) is 38.7 Å². The van der Waals surface area contributed by atoms with Gasteiger partial charge in [-0.2, -0.15) is 0 Å². The molecule has 3 heteroatoms. The van der Waals surface area contributed by atoms with Crippen LogP contribution < -0.4 is 4.74 Å². The Bertz CT molecular complexity index is 308. The molecule has 0 spiro atoms. The first-order valence-corrected chi connectivity index (χ1v) is 5.66. The molecule has 0 aliphatic heterocycles. The first kappa shape index (κ1) is 12.7. The van der Waals surface area contributed by atoms with Crippen molar-refractivity contribution in [2.75, 3.05) is 0 Å². The Hall–Kier alpha value is -1.35. The van der Waals surface area contributed by atoms with Gasteiger partial charge in [0.1, 0.15) is 5.75 Å².